The molecule has 0 heterocycles. The van der Waals surface area contributed by atoms with Gasteiger partial charge in [-0.3, -0.25) is 9.59 Å². The minimum absolute atomic E-state index is 0.315. The van der Waals surface area contributed by atoms with Crippen LogP contribution in [-0.4, -0.2) is 39.3 Å². The van der Waals surface area contributed by atoms with Gasteiger partial charge in [0.05, 0.1) is 6.42 Å². The molecule has 1 amide bonds. The number of carbonyl (C=O) groups is 3. The number of hydrogen-bond donors (Lipinski definition) is 4. The molecule has 0 radical (unpaired) electrons. The van der Waals surface area contributed by atoms with E-state index in [4.69, 9.17) is 15.9 Å². The van der Waals surface area contributed by atoms with Crippen molar-refractivity contribution in [3.05, 3.63) is 29.8 Å². The maximum absolute atomic E-state index is 11.4. The Morgan fingerprint density at radius 2 is 1.90 bits per heavy atom. The van der Waals surface area contributed by atoms with Gasteiger partial charge in [-0.15, -0.1) is 0 Å². The van der Waals surface area contributed by atoms with Gasteiger partial charge in [0.15, 0.2) is 17.6 Å². The molecule has 0 saturated heterocycles. The largest absolute Gasteiger partial charge is 0.504 e. The zero-order valence-corrected chi connectivity index (χ0v) is 10.7. The summed E-state index contributed by atoms with van der Waals surface area (Å²) in [5, 5.41) is 26.9. The lowest BCUT2D eigenvalue weighted by molar-refractivity contribution is -0.154. The number of amides is 1. The molecule has 0 fully saturated rings. The molecule has 0 aliphatic rings. The fraction of sp³-hybridized carbons (Fsp3) is 0.154. The number of hydrogen-bond acceptors (Lipinski definition) is 6. The second-order valence-electron chi connectivity index (χ2n) is 4.01. The minimum atomic E-state index is -1.56. The molecule has 0 saturated carbocycles. The Balaban J connectivity index is 2.70. The van der Waals surface area contributed by atoms with E-state index < -0.39 is 30.4 Å². The number of aliphatic carboxylic acids is 1. The summed E-state index contributed by atoms with van der Waals surface area (Å²) in [5.41, 5.74) is 5.30. The van der Waals surface area contributed by atoms with Crippen molar-refractivity contribution in [3.8, 4) is 11.5 Å². The normalized spacial score (nSPS) is 12.0. The molecular formula is C13H13NO7. The van der Waals surface area contributed by atoms with E-state index >= 15 is 0 Å². The number of nitrogens with two attached hydrogens (primary N) is 1. The number of aromatic hydroxyl groups is 2. The van der Waals surface area contributed by atoms with Crippen LogP contribution in [0.1, 0.15) is 12.0 Å². The third kappa shape index (κ3) is 5.23. The van der Waals surface area contributed by atoms with E-state index in [0.29, 0.717) is 5.56 Å². The summed E-state index contributed by atoms with van der Waals surface area (Å²) in [6, 6.07) is 3.83. The summed E-state index contributed by atoms with van der Waals surface area (Å²) in [7, 11) is 0. The molecule has 5 N–H and O–H groups in total. The number of ether oxygens (including phenoxy) is 1. The van der Waals surface area contributed by atoms with Gasteiger partial charge in [-0.05, 0) is 23.8 Å². The molecule has 1 rings (SSSR count). The fourth-order valence-electron chi connectivity index (χ4n) is 1.35. The van der Waals surface area contributed by atoms with Gasteiger partial charge in [-0.2, -0.15) is 0 Å². The van der Waals surface area contributed by atoms with E-state index in [1.807, 2.05) is 0 Å². The molecule has 1 atom stereocenters. The Morgan fingerprint density at radius 1 is 1.24 bits per heavy atom. The topological polar surface area (TPSA) is 147 Å². The first-order valence-electron chi connectivity index (χ1n) is 5.71. The Morgan fingerprint density at radius 3 is 2.43 bits per heavy atom. The van der Waals surface area contributed by atoms with Crippen molar-refractivity contribution in [2.24, 2.45) is 5.73 Å². The van der Waals surface area contributed by atoms with Crippen LogP contribution in [-0.2, 0) is 19.1 Å². The highest BCUT2D eigenvalue weighted by atomic mass is 16.5. The lowest BCUT2D eigenvalue weighted by atomic mass is 10.2. The van der Waals surface area contributed by atoms with E-state index in [0.717, 1.165) is 6.08 Å². The van der Waals surface area contributed by atoms with E-state index in [1.54, 1.807) is 0 Å². The van der Waals surface area contributed by atoms with E-state index in [2.05, 4.69) is 4.74 Å². The number of rotatable bonds is 6. The highest BCUT2D eigenvalue weighted by molar-refractivity contribution is 5.91. The van der Waals surface area contributed by atoms with Crippen molar-refractivity contribution in [1.82, 2.24) is 0 Å². The van der Waals surface area contributed by atoms with E-state index in [1.165, 1.54) is 24.3 Å². The molecule has 0 spiro atoms. The zero-order chi connectivity index (χ0) is 16.0. The van der Waals surface area contributed by atoms with Crippen molar-refractivity contribution in [2.45, 2.75) is 12.5 Å². The van der Waals surface area contributed by atoms with Gasteiger partial charge in [0, 0.05) is 6.08 Å². The first-order chi connectivity index (χ1) is 9.79. The van der Waals surface area contributed by atoms with Crippen LogP contribution in [0.4, 0.5) is 0 Å². The van der Waals surface area contributed by atoms with Crippen molar-refractivity contribution in [2.75, 3.05) is 0 Å². The number of carboxylic acid groups (broad SMARTS) is 1. The Hall–Kier alpha value is -3.03. The third-order valence-corrected chi connectivity index (χ3v) is 2.35. The van der Waals surface area contributed by atoms with Gasteiger partial charge >= 0.3 is 11.9 Å². The van der Waals surface area contributed by atoms with Crippen LogP contribution in [0.5, 0.6) is 11.5 Å². The van der Waals surface area contributed by atoms with Gasteiger partial charge in [0.25, 0.3) is 5.91 Å². The van der Waals surface area contributed by atoms with Crippen LogP contribution < -0.4 is 5.73 Å². The molecule has 1 unspecified atom stereocenters. The maximum atomic E-state index is 11.4. The smallest absolute Gasteiger partial charge is 0.331 e. The maximum Gasteiger partial charge on any atom is 0.331 e. The zero-order valence-electron chi connectivity index (χ0n) is 10.7. The Labute approximate surface area is 119 Å². The predicted molar refractivity (Wildman–Crippen MR) is 70.1 cm³/mol. The molecule has 1 aromatic rings. The molecule has 0 bridgehead atoms. The summed E-state index contributed by atoms with van der Waals surface area (Å²) in [4.78, 5) is 32.8. The molecule has 21 heavy (non-hydrogen) atoms. The lowest BCUT2D eigenvalue weighted by Crippen LogP contribution is -2.34. The van der Waals surface area contributed by atoms with E-state index in [-0.39, 0.29) is 11.5 Å². The molecule has 112 valence electrons. The SMILES string of the molecule is NC(=O)C(CC(=O)O)OC(=O)/C=C/c1ccc(O)c(O)c1. The van der Waals surface area contributed by atoms with Gasteiger partial charge in [0.1, 0.15) is 0 Å². The van der Waals surface area contributed by atoms with Crippen LogP contribution in [0.3, 0.4) is 0 Å². The average molecular weight is 295 g/mol. The van der Waals surface area contributed by atoms with Crippen LogP contribution in [0.25, 0.3) is 6.08 Å². The van der Waals surface area contributed by atoms with Crippen LogP contribution in [0.2, 0.25) is 0 Å². The first-order valence-corrected chi connectivity index (χ1v) is 5.71. The van der Waals surface area contributed by atoms with Gasteiger partial charge in [-0.25, -0.2) is 4.79 Å². The molecular weight excluding hydrogens is 282 g/mol. The number of primary amides is 1. The second kappa shape index (κ2) is 6.94. The van der Waals surface area contributed by atoms with Crippen LogP contribution >= 0.6 is 0 Å². The highest BCUT2D eigenvalue weighted by Crippen LogP contribution is 2.25. The van der Waals surface area contributed by atoms with Crippen molar-refractivity contribution >= 4 is 23.9 Å². The minimum Gasteiger partial charge on any atom is -0.504 e. The second-order valence-corrected chi connectivity index (χ2v) is 4.01. The van der Waals surface area contributed by atoms with Crippen molar-refractivity contribution in [1.29, 1.82) is 0 Å². The number of carboxylic acids is 1. The first kappa shape index (κ1) is 16.0. The summed E-state index contributed by atoms with van der Waals surface area (Å²) < 4.78 is 4.61. The number of benzene rings is 1. The fourth-order valence-corrected chi connectivity index (χ4v) is 1.35. The summed E-state index contributed by atoms with van der Waals surface area (Å²) in [6.45, 7) is 0. The Bertz CT molecular complexity index is 594. The van der Waals surface area contributed by atoms with Crippen LogP contribution in [0, 0.1) is 0 Å². The molecule has 0 aliphatic heterocycles. The average Bonchev–Trinajstić information content (AvgIpc) is 2.38. The third-order valence-electron chi connectivity index (χ3n) is 2.35. The summed E-state index contributed by atoms with van der Waals surface area (Å²) in [6.07, 6.45) is -0.105. The van der Waals surface area contributed by atoms with E-state index in [9.17, 15) is 19.5 Å². The standard InChI is InChI=1S/C13H13NO7/c14-13(20)10(6-11(17)18)21-12(19)4-2-7-1-3-8(15)9(16)5-7/h1-5,10,15-16H,6H2,(H2,14,20)(H,17,18)/b4-2+. The van der Waals surface area contributed by atoms with Gasteiger partial charge in [-0.1, -0.05) is 6.07 Å². The summed E-state index contributed by atoms with van der Waals surface area (Å²) >= 11 is 0. The van der Waals surface area contributed by atoms with Crippen LogP contribution in [0.15, 0.2) is 24.3 Å². The quantitative estimate of drug-likeness (QED) is 0.327. The van der Waals surface area contributed by atoms with Crippen molar-refractivity contribution in [3.63, 3.8) is 0 Å². The molecule has 8 heteroatoms. The molecule has 8 nitrogen and oxygen atoms in total. The predicted octanol–water partition coefficient (Wildman–Crippen LogP) is -0.0172. The number of phenolic OH excluding ortho intramolecular Hbond substituents is 2. The number of esters is 1. The number of phenols is 2. The highest BCUT2D eigenvalue weighted by Gasteiger charge is 2.22. The van der Waals surface area contributed by atoms with Gasteiger partial charge in [0.2, 0.25) is 0 Å². The molecule has 1 aromatic carbocycles. The number of carbonyl (C=O) groups excluding carboxylic acids is 2. The van der Waals surface area contributed by atoms with Gasteiger partial charge < -0.3 is 25.8 Å². The Kier molecular flexibility index (Phi) is 5.30. The molecule has 0 aliphatic carbocycles. The molecule has 0 aromatic heterocycles. The monoisotopic (exact) mass is 295 g/mol. The summed E-state index contributed by atoms with van der Waals surface area (Å²) in [5.74, 6) is -4.05. The lowest BCUT2D eigenvalue weighted by Gasteiger charge is -2.10. The van der Waals surface area contributed by atoms with Crippen molar-refractivity contribution < 1.29 is 34.4 Å².